The van der Waals surface area contributed by atoms with Crippen LogP contribution in [0, 0.1) is 7.14 Å². The Morgan fingerprint density at radius 1 is 1.06 bits per heavy atom. The Balaban J connectivity index is 1.86. The summed E-state index contributed by atoms with van der Waals surface area (Å²) in [5, 5.41) is 4.64. The highest BCUT2D eigenvalue weighted by Crippen LogP contribution is 2.32. The molecule has 178 valence electrons. The molecular formula is C25H16F3I2N3O2. The average molecular weight is 701 g/mol. The minimum Gasteiger partial charge on any atom is -0.487 e. The van der Waals surface area contributed by atoms with Crippen LogP contribution in [-0.4, -0.2) is 22.5 Å². The van der Waals surface area contributed by atoms with Crippen LogP contribution in [0.3, 0.4) is 0 Å². The van der Waals surface area contributed by atoms with Crippen LogP contribution in [0.1, 0.15) is 11.1 Å². The summed E-state index contributed by atoms with van der Waals surface area (Å²) in [6.07, 6.45) is -1.42. The molecule has 0 aliphatic rings. The number of ether oxygens (including phenoxy) is 1. The molecule has 0 aliphatic carbocycles. The van der Waals surface area contributed by atoms with Crippen molar-refractivity contribution in [2.75, 3.05) is 6.61 Å². The van der Waals surface area contributed by atoms with Gasteiger partial charge in [-0.2, -0.15) is 22.9 Å². The fourth-order valence-corrected chi connectivity index (χ4v) is 5.44. The molecule has 0 spiro atoms. The second-order valence-corrected chi connectivity index (χ2v) is 9.63. The number of halogens is 5. The van der Waals surface area contributed by atoms with Gasteiger partial charge in [0, 0.05) is 5.56 Å². The molecule has 0 bridgehead atoms. The van der Waals surface area contributed by atoms with Gasteiger partial charge in [-0.15, -0.1) is 0 Å². The Bertz CT molecular complexity index is 1490. The van der Waals surface area contributed by atoms with E-state index in [0.29, 0.717) is 28.8 Å². The van der Waals surface area contributed by atoms with Gasteiger partial charge in [0.25, 0.3) is 5.56 Å². The molecule has 5 nitrogen and oxygen atoms in total. The van der Waals surface area contributed by atoms with Crippen LogP contribution in [0.2, 0.25) is 0 Å². The number of aromatic nitrogens is 2. The van der Waals surface area contributed by atoms with Crippen LogP contribution in [0.5, 0.6) is 5.75 Å². The zero-order valence-corrected chi connectivity index (χ0v) is 22.2. The lowest BCUT2D eigenvalue weighted by Crippen LogP contribution is -2.20. The maximum atomic E-state index is 13.3. The van der Waals surface area contributed by atoms with Gasteiger partial charge >= 0.3 is 6.18 Å². The predicted molar refractivity (Wildman–Crippen MR) is 147 cm³/mol. The smallest absolute Gasteiger partial charge is 0.416 e. The molecule has 0 saturated heterocycles. The lowest BCUT2D eigenvalue weighted by Gasteiger charge is -2.12. The van der Waals surface area contributed by atoms with E-state index >= 15 is 0 Å². The van der Waals surface area contributed by atoms with Gasteiger partial charge in [-0.25, -0.2) is 4.98 Å². The summed E-state index contributed by atoms with van der Waals surface area (Å²) in [6, 6.07) is 15.0. The summed E-state index contributed by atoms with van der Waals surface area (Å²) in [5.41, 5.74) is -0.164. The van der Waals surface area contributed by atoms with E-state index < -0.39 is 17.3 Å². The third-order valence-electron chi connectivity index (χ3n) is 4.89. The van der Waals surface area contributed by atoms with Crippen LogP contribution in [-0.2, 0) is 6.18 Å². The first-order valence-electron chi connectivity index (χ1n) is 10.2. The van der Waals surface area contributed by atoms with Crippen LogP contribution < -0.4 is 10.3 Å². The average Bonchev–Trinajstić information content (AvgIpc) is 2.82. The van der Waals surface area contributed by atoms with E-state index in [1.807, 2.05) is 12.1 Å². The van der Waals surface area contributed by atoms with E-state index in [4.69, 9.17) is 4.74 Å². The van der Waals surface area contributed by atoms with Crippen LogP contribution in [0.15, 0.2) is 83.2 Å². The molecule has 0 radical (unpaired) electrons. The van der Waals surface area contributed by atoms with Gasteiger partial charge in [-0.05, 0) is 87.1 Å². The van der Waals surface area contributed by atoms with Crippen molar-refractivity contribution in [3.05, 3.63) is 102 Å². The number of para-hydroxylation sites is 1. The molecule has 0 aliphatic heterocycles. The Morgan fingerprint density at radius 3 is 2.46 bits per heavy atom. The summed E-state index contributed by atoms with van der Waals surface area (Å²) < 4.78 is 48.4. The number of hydrogen-bond acceptors (Lipinski definition) is 4. The highest BCUT2D eigenvalue weighted by molar-refractivity contribution is 14.1. The number of alkyl halides is 3. The van der Waals surface area contributed by atoms with E-state index in [1.54, 1.807) is 30.3 Å². The molecule has 1 heterocycles. The van der Waals surface area contributed by atoms with Crippen molar-refractivity contribution in [1.82, 2.24) is 9.66 Å². The van der Waals surface area contributed by atoms with E-state index in [2.05, 4.69) is 61.8 Å². The van der Waals surface area contributed by atoms with Crippen LogP contribution in [0.25, 0.3) is 22.3 Å². The van der Waals surface area contributed by atoms with Crippen molar-refractivity contribution < 1.29 is 17.9 Å². The molecule has 35 heavy (non-hydrogen) atoms. The molecule has 0 atom stereocenters. The summed E-state index contributed by atoms with van der Waals surface area (Å²) >= 11 is 4.28. The molecule has 0 saturated carbocycles. The molecular weight excluding hydrogens is 685 g/mol. The molecule has 0 N–H and O–H groups in total. The first-order chi connectivity index (χ1) is 16.7. The minimum atomic E-state index is -4.54. The van der Waals surface area contributed by atoms with Gasteiger partial charge in [0.2, 0.25) is 0 Å². The lowest BCUT2D eigenvalue weighted by molar-refractivity contribution is -0.137. The molecule has 4 aromatic rings. The monoisotopic (exact) mass is 701 g/mol. The van der Waals surface area contributed by atoms with Crippen molar-refractivity contribution in [2.45, 2.75) is 6.18 Å². The van der Waals surface area contributed by atoms with Crippen molar-refractivity contribution in [2.24, 2.45) is 5.10 Å². The number of benzene rings is 3. The molecule has 0 amide bonds. The molecule has 1 aromatic heterocycles. The Hall–Kier alpha value is -2.74. The van der Waals surface area contributed by atoms with Gasteiger partial charge < -0.3 is 4.74 Å². The molecule has 3 aromatic carbocycles. The lowest BCUT2D eigenvalue weighted by atomic mass is 10.1. The molecule has 10 heteroatoms. The van der Waals surface area contributed by atoms with Crippen LogP contribution in [0.4, 0.5) is 13.2 Å². The van der Waals surface area contributed by atoms with Crippen molar-refractivity contribution in [3.8, 4) is 17.1 Å². The zero-order chi connectivity index (χ0) is 25.2. The zero-order valence-electron chi connectivity index (χ0n) is 17.9. The summed E-state index contributed by atoms with van der Waals surface area (Å²) in [6.45, 7) is 4.00. The fourth-order valence-electron chi connectivity index (χ4n) is 3.31. The number of hydrogen-bond donors (Lipinski definition) is 0. The second kappa shape index (κ2) is 10.5. The Labute approximate surface area is 225 Å². The Morgan fingerprint density at radius 2 is 1.77 bits per heavy atom. The highest BCUT2D eigenvalue weighted by atomic mass is 127. The quantitative estimate of drug-likeness (QED) is 0.127. The number of fused-ring (bicyclic) bond motifs is 1. The topological polar surface area (TPSA) is 56.5 Å². The number of rotatable bonds is 6. The first kappa shape index (κ1) is 25.4. The second-order valence-electron chi connectivity index (χ2n) is 7.31. The third kappa shape index (κ3) is 5.58. The molecule has 0 fully saturated rings. The van der Waals surface area contributed by atoms with Gasteiger partial charge in [-0.3, -0.25) is 4.79 Å². The predicted octanol–water partition coefficient (Wildman–Crippen LogP) is 6.74. The maximum absolute atomic E-state index is 13.3. The van der Waals surface area contributed by atoms with Gasteiger partial charge in [0.05, 0.1) is 29.8 Å². The normalized spacial score (nSPS) is 11.8. The third-order valence-corrected chi connectivity index (χ3v) is 6.49. The molecule has 0 unspecified atom stereocenters. The summed E-state index contributed by atoms with van der Waals surface area (Å²) in [7, 11) is 0. The van der Waals surface area contributed by atoms with Crippen LogP contribution >= 0.6 is 45.2 Å². The SMILES string of the molecule is C=CCOc1c(I)cc(C=Nn2c(-c3cccc(C(F)(F)F)c3)nc3ccccc3c2=O)cc1I. The summed E-state index contributed by atoms with van der Waals surface area (Å²) in [4.78, 5) is 17.8. The van der Waals surface area contributed by atoms with Crippen molar-refractivity contribution in [1.29, 1.82) is 0 Å². The Kier molecular flexibility index (Phi) is 7.59. The van der Waals surface area contributed by atoms with Gasteiger partial charge in [0.1, 0.15) is 12.4 Å². The largest absolute Gasteiger partial charge is 0.487 e. The molecule has 4 rings (SSSR count). The van der Waals surface area contributed by atoms with E-state index in [1.165, 1.54) is 18.3 Å². The standard InChI is InChI=1S/C25H16F3I2N3O2/c1-2-10-35-22-19(29)11-15(12-20(22)30)14-31-33-23(16-6-5-7-17(13-16)25(26,27)28)32-21-9-4-3-8-18(21)24(33)34/h2-9,11-14H,1,10H2. The van der Waals surface area contributed by atoms with E-state index in [-0.39, 0.29) is 11.4 Å². The first-order valence-corrected chi connectivity index (χ1v) is 12.3. The fraction of sp³-hybridized carbons (Fsp3) is 0.0800. The van der Waals surface area contributed by atoms with Gasteiger partial charge in [-0.1, -0.05) is 36.9 Å². The minimum absolute atomic E-state index is 0.00591. The highest BCUT2D eigenvalue weighted by Gasteiger charge is 2.31. The van der Waals surface area contributed by atoms with Crippen molar-refractivity contribution >= 4 is 62.3 Å². The maximum Gasteiger partial charge on any atom is 0.416 e. The van der Waals surface area contributed by atoms with Crippen molar-refractivity contribution in [3.63, 3.8) is 0 Å². The van der Waals surface area contributed by atoms with E-state index in [0.717, 1.165) is 23.9 Å². The van der Waals surface area contributed by atoms with E-state index in [9.17, 15) is 18.0 Å². The summed E-state index contributed by atoms with van der Waals surface area (Å²) in [5.74, 6) is 0.712. The number of nitrogens with zero attached hydrogens (tertiary/aromatic N) is 3. The van der Waals surface area contributed by atoms with Gasteiger partial charge in [0.15, 0.2) is 5.82 Å².